The van der Waals surface area contributed by atoms with Crippen LogP contribution in [0.3, 0.4) is 0 Å². The van der Waals surface area contributed by atoms with E-state index < -0.39 is 0 Å². The Morgan fingerprint density at radius 2 is 2.04 bits per heavy atom. The highest BCUT2D eigenvalue weighted by Gasteiger charge is 2.13. The van der Waals surface area contributed by atoms with Gasteiger partial charge in [0, 0.05) is 17.9 Å². The molecule has 7 heteroatoms. The summed E-state index contributed by atoms with van der Waals surface area (Å²) in [4.78, 5) is 4.50. The maximum absolute atomic E-state index is 9.31. The van der Waals surface area contributed by atoms with Crippen LogP contribution in [0.4, 0.5) is 0 Å². The summed E-state index contributed by atoms with van der Waals surface area (Å²) < 4.78 is 7.48. The monoisotopic (exact) mass is 330 g/mol. The van der Waals surface area contributed by atoms with Crippen LogP contribution in [0.2, 0.25) is 0 Å². The first-order chi connectivity index (χ1) is 11.3. The van der Waals surface area contributed by atoms with E-state index in [-0.39, 0.29) is 6.61 Å². The first-order valence-corrected chi connectivity index (χ1v) is 8.46. The molecule has 0 aliphatic carbocycles. The number of hydrogen-bond acceptors (Lipinski definition) is 6. The van der Waals surface area contributed by atoms with Crippen molar-refractivity contribution in [2.24, 2.45) is 0 Å². The molecule has 2 heterocycles. The van der Waals surface area contributed by atoms with Crippen molar-refractivity contribution < 1.29 is 9.52 Å². The van der Waals surface area contributed by atoms with Crippen molar-refractivity contribution in [3.8, 4) is 11.5 Å². The standard InChI is InChI=1S/C16H18N4O2S/c1-2-8-20-14(9-21)18-19-16(20)23-11-13-10-22-15(17-13)12-6-4-3-5-7-12/h3-7,10,21H,2,8-9,11H2,1H3. The predicted octanol–water partition coefficient (Wildman–Crippen LogP) is 3.13. The second-order valence-electron chi connectivity index (χ2n) is 5.01. The van der Waals surface area contributed by atoms with Crippen LogP contribution in [-0.4, -0.2) is 24.9 Å². The summed E-state index contributed by atoms with van der Waals surface area (Å²) in [6, 6.07) is 9.81. The van der Waals surface area contributed by atoms with Crippen LogP contribution in [0, 0.1) is 0 Å². The third-order valence-corrected chi connectivity index (χ3v) is 4.30. The molecule has 0 saturated carbocycles. The normalized spacial score (nSPS) is 11.0. The van der Waals surface area contributed by atoms with Gasteiger partial charge >= 0.3 is 0 Å². The molecule has 0 spiro atoms. The maximum Gasteiger partial charge on any atom is 0.226 e. The molecule has 0 aliphatic heterocycles. The van der Waals surface area contributed by atoms with Crippen LogP contribution in [0.1, 0.15) is 24.9 Å². The van der Waals surface area contributed by atoms with E-state index in [0.29, 0.717) is 17.5 Å². The molecule has 1 aromatic carbocycles. The Morgan fingerprint density at radius 1 is 1.22 bits per heavy atom. The molecule has 120 valence electrons. The molecular weight excluding hydrogens is 312 g/mol. The average Bonchev–Trinajstić information content (AvgIpc) is 3.21. The number of oxazole rings is 1. The lowest BCUT2D eigenvalue weighted by molar-refractivity contribution is 0.263. The molecule has 3 rings (SSSR count). The van der Waals surface area contributed by atoms with E-state index >= 15 is 0 Å². The van der Waals surface area contributed by atoms with Crippen molar-refractivity contribution in [2.75, 3.05) is 0 Å². The van der Waals surface area contributed by atoms with Crippen molar-refractivity contribution in [1.82, 2.24) is 19.7 Å². The van der Waals surface area contributed by atoms with Gasteiger partial charge in [-0.25, -0.2) is 4.98 Å². The minimum absolute atomic E-state index is 0.102. The van der Waals surface area contributed by atoms with E-state index in [1.165, 1.54) is 0 Å². The van der Waals surface area contributed by atoms with Gasteiger partial charge in [-0.15, -0.1) is 10.2 Å². The number of aromatic nitrogens is 4. The fourth-order valence-electron chi connectivity index (χ4n) is 2.22. The number of hydrogen-bond donors (Lipinski definition) is 1. The van der Waals surface area contributed by atoms with E-state index in [2.05, 4.69) is 22.1 Å². The number of thioether (sulfide) groups is 1. The SMILES string of the molecule is CCCn1c(CO)nnc1SCc1coc(-c2ccccc2)n1. The van der Waals surface area contributed by atoms with E-state index in [1.807, 2.05) is 34.9 Å². The van der Waals surface area contributed by atoms with Crippen LogP contribution in [-0.2, 0) is 18.9 Å². The Kier molecular flexibility index (Phi) is 5.09. The highest BCUT2D eigenvalue weighted by Crippen LogP contribution is 2.24. The molecule has 3 aromatic rings. The molecule has 6 nitrogen and oxygen atoms in total. The van der Waals surface area contributed by atoms with Crippen LogP contribution >= 0.6 is 11.8 Å². The van der Waals surface area contributed by atoms with Crippen molar-refractivity contribution in [3.05, 3.63) is 48.1 Å². The Hall–Kier alpha value is -2.12. The molecule has 0 amide bonds. The number of nitrogens with zero attached hydrogens (tertiary/aromatic N) is 4. The van der Waals surface area contributed by atoms with E-state index in [4.69, 9.17) is 4.42 Å². The highest BCUT2D eigenvalue weighted by atomic mass is 32.2. The lowest BCUT2D eigenvalue weighted by Crippen LogP contribution is -2.04. The van der Waals surface area contributed by atoms with Gasteiger partial charge in [0.05, 0.1) is 5.69 Å². The summed E-state index contributed by atoms with van der Waals surface area (Å²) in [6.45, 7) is 2.77. The lowest BCUT2D eigenvalue weighted by Gasteiger charge is -2.06. The molecule has 0 saturated heterocycles. The number of rotatable bonds is 7. The zero-order chi connectivity index (χ0) is 16.1. The summed E-state index contributed by atoms with van der Waals surface area (Å²) in [6.07, 6.45) is 2.63. The van der Waals surface area contributed by atoms with Gasteiger partial charge in [-0.1, -0.05) is 36.9 Å². The molecule has 0 bridgehead atoms. The lowest BCUT2D eigenvalue weighted by atomic mass is 10.2. The minimum atomic E-state index is -0.102. The van der Waals surface area contributed by atoms with E-state index in [1.54, 1.807) is 18.0 Å². The minimum Gasteiger partial charge on any atom is -0.444 e. The Morgan fingerprint density at radius 3 is 2.78 bits per heavy atom. The van der Waals surface area contributed by atoms with Crippen LogP contribution in [0.15, 0.2) is 46.2 Å². The fourth-order valence-corrected chi connectivity index (χ4v) is 3.08. The van der Waals surface area contributed by atoms with Gasteiger partial charge in [0.25, 0.3) is 0 Å². The summed E-state index contributed by atoms with van der Waals surface area (Å²) in [5, 5.41) is 18.3. The van der Waals surface area contributed by atoms with Gasteiger partial charge in [0.15, 0.2) is 11.0 Å². The highest BCUT2D eigenvalue weighted by molar-refractivity contribution is 7.98. The van der Waals surface area contributed by atoms with Crippen LogP contribution < -0.4 is 0 Å². The van der Waals surface area contributed by atoms with Gasteiger partial charge < -0.3 is 14.1 Å². The topological polar surface area (TPSA) is 77.0 Å². The van der Waals surface area contributed by atoms with Crippen molar-refractivity contribution in [3.63, 3.8) is 0 Å². The third kappa shape index (κ3) is 3.62. The molecular formula is C16H18N4O2S. The summed E-state index contributed by atoms with van der Waals surface area (Å²) in [7, 11) is 0. The molecule has 0 atom stereocenters. The Balaban J connectivity index is 1.70. The number of aliphatic hydroxyl groups excluding tert-OH is 1. The third-order valence-electron chi connectivity index (χ3n) is 3.30. The first kappa shape index (κ1) is 15.8. The first-order valence-electron chi connectivity index (χ1n) is 7.47. The molecule has 0 fully saturated rings. The Bertz CT molecular complexity index is 755. The van der Waals surface area contributed by atoms with Gasteiger partial charge in [0.1, 0.15) is 12.9 Å². The number of aliphatic hydroxyl groups is 1. The second-order valence-corrected chi connectivity index (χ2v) is 5.95. The van der Waals surface area contributed by atoms with Gasteiger partial charge in [-0.2, -0.15) is 0 Å². The summed E-state index contributed by atoms with van der Waals surface area (Å²) in [5.74, 6) is 1.86. The van der Waals surface area contributed by atoms with Gasteiger partial charge in [0.2, 0.25) is 5.89 Å². The second kappa shape index (κ2) is 7.43. The molecule has 1 N–H and O–H groups in total. The zero-order valence-electron chi connectivity index (χ0n) is 12.8. The molecule has 0 aliphatic rings. The predicted molar refractivity (Wildman–Crippen MR) is 87.7 cm³/mol. The average molecular weight is 330 g/mol. The van der Waals surface area contributed by atoms with Gasteiger partial charge in [-0.05, 0) is 18.6 Å². The van der Waals surface area contributed by atoms with Crippen LogP contribution in [0.25, 0.3) is 11.5 Å². The van der Waals surface area contributed by atoms with Crippen LogP contribution in [0.5, 0.6) is 0 Å². The zero-order valence-corrected chi connectivity index (χ0v) is 13.7. The van der Waals surface area contributed by atoms with Crippen molar-refractivity contribution in [1.29, 1.82) is 0 Å². The molecule has 0 unspecified atom stereocenters. The summed E-state index contributed by atoms with van der Waals surface area (Å²) >= 11 is 1.54. The van der Waals surface area contributed by atoms with E-state index in [9.17, 15) is 5.11 Å². The number of benzene rings is 1. The summed E-state index contributed by atoms with van der Waals surface area (Å²) in [5.41, 5.74) is 1.81. The molecule has 0 radical (unpaired) electrons. The largest absolute Gasteiger partial charge is 0.444 e. The van der Waals surface area contributed by atoms with Gasteiger partial charge in [-0.3, -0.25) is 0 Å². The smallest absolute Gasteiger partial charge is 0.226 e. The van der Waals surface area contributed by atoms with E-state index in [0.717, 1.165) is 29.4 Å². The fraction of sp³-hybridized carbons (Fsp3) is 0.312. The van der Waals surface area contributed by atoms with Crippen molar-refractivity contribution >= 4 is 11.8 Å². The Labute approximate surface area is 138 Å². The molecule has 2 aromatic heterocycles. The maximum atomic E-state index is 9.31. The molecule has 23 heavy (non-hydrogen) atoms. The van der Waals surface area contributed by atoms with Crippen molar-refractivity contribution in [2.45, 2.75) is 37.4 Å². The quantitative estimate of drug-likeness (QED) is 0.671.